The molecule has 2 heterocycles. The molecule has 6 heteroatoms. The molecule has 0 spiro atoms. The molecule has 2 fully saturated rings. The van der Waals surface area contributed by atoms with Crippen LogP contribution in [0.15, 0.2) is 30.3 Å². The fourth-order valence-corrected chi connectivity index (χ4v) is 4.16. The van der Waals surface area contributed by atoms with Crippen molar-refractivity contribution >= 4 is 17.7 Å². The van der Waals surface area contributed by atoms with Gasteiger partial charge in [0.1, 0.15) is 6.54 Å². The molecule has 1 aromatic rings. The monoisotopic (exact) mass is 371 g/mol. The van der Waals surface area contributed by atoms with Crippen molar-refractivity contribution in [2.45, 2.75) is 33.7 Å². The lowest BCUT2D eigenvalue weighted by molar-refractivity contribution is -0.167. The number of nitrogens with zero attached hydrogens (tertiary/aromatic N) is 3. The van der Waals surface area contributed by atoms with Gasteiger partial charge in [-0.05, 0) is 11.5 Å². The predicted octanol–water partition coefficient (Wildman–Crippen LogP) is 1.92. The Morgan fingerprint density at radius 3 is 2.33 bits per heavy atom. The smallest absolute Gasteiger partial charge is 0.312 e. The standard InChI is InChI=1S/C21H29N3O3/c1-15(2)12-22-10-11-23(13-17(22)25)19(26)20(27)24-14-21(3,4)18(24)16-8-6-5-7-9-16/h5-9,15,18H,10-14H2,1-4H3. The van der Waals surface area contributed by atoms with Crippen molar-refractivity contribution in [1.82, 2.24) is 14.7 Å². The van der Waals surface area contributed by atoms with Gasteiger partial charge in [-0.3, -0.25) is 14.4 Å². The lowest BCUT2D eigenvalue weighted by atomic mass is 9.71. The van der Waals surface area contributed by atoms with Crippen molar-refractivity contribution in [3.63, 3.8) is 0 Å². The maximum Gasteiger partial charge on any atom is 0.312 e. The van der Waals surface area contributed by atoms with Gasteiger partial charge >= 0.3 is 11.8 Å². The molecule has 0 aromatic heterocycles. The summed E-state index contributed by atoms with van der Waals surface area (Å²) in [7, 11) is 0. The Kier molecular flexibility index (Phi) is 5.27. The zero-order chi connectivity index (χ0) is 19.8. The molecule has 0 saturated carbocycles. The molecule has 2 aliphatic rings. The van der Waals surface area contributed by atoms with Gasteiger partial charge in [0.25, 0.3) is 0 Å². The molecule has 1 unspecified atom stereocenters. The highest BCUT2D eigenvalue weighted by molar-refractivity contribution is 6.35. The second-order valence-electron chi connectivity index (χ2n) is 8.70. The van der Waals surface area contributed by atoms with Crippen molar-refractivity contribution in [3.05, 3.63) is 35.9 Å². The normalized spacial score (nSPS) is 22.0. The topological polar surface area (TPSA) is 60.9 Å². The zero-order valence-corrected chi connectivity index (χ0v) is 16.6. The summed E-state index contributed by atoms with van der Waals surface area (Å²) in [6.07, 6.45) is 0. The molecule has 1 aromatic carbocycles. The number of piperazine rings is 1. The van der Waals surface area contributed by atoms with Gasteiger partial charge in [0.2, 0.25) is 5.91 Å². The maximum absolute atomic E-state index is 12.9. The van der Waals surface area contributed by atoms with E-state index in [1.54, 1.807) is 9.80 Å². The van der Waals surface area contributed by atoms with Gasteiger partial charge in [-0.15, -0.1) is 0 Å². The number of hydrogen-bond acceptors (Lipinski definition) is 3. The number of benzene rings is 1. The van der Waals surface area contributed by atoms with E-state index in [1.807, 2.05) is 30.3 Å². The number of carbonyl (C=O) groups excluding carboxylic acids is 3. The summed E-state index contributed by atoms with van der Waals surface area (Å²) < 4.78 is 0. The molecule has 0 bridgehead atoms. The first-order chi connectivity index (χ1) is 12.7. The van der Waals surface area contributed by atoms with E-state index in [9.17, 15) is 14.4 Å². The summed E-state index contributed by atoms with van der Waals surface area (Å²) in [5.74, 6) is -0.773. The van der Waals surface area contributed by atoms with E-state index in [1.165, 1.54) is 4.90 Å². The van der Waals surface area contributed by atoms with Crippen LogP contribution in [0.5, 0.6) is 0 Å². The van der Waals surface area contributed by atoms with Gasteiger partial charge in [-0.2, -0.15) is 0 Å². The van der Waals surface area contributed by atoms with Gasteiger partial charge in [-0.1, -0.05) is 58.0 Å². The number of carbonyl (C=O) groups is 3. The second kappa shape index (κ2) is 7.33. The molecular formula is C21H29N3O3. The Hall–Kier alpha value is -2.37. The van der Waals surface area contributed by atoms with E-state index in [4.69, 9.17) is 0 Å². The third kappa shape index (κ3) is 3.84. The molecule has 3 amide bonds. The van der Waals surface area contributed by atoms with Crippen molar-refractivity contribution in [1.29, 1.82) is 0 Å². The van der Waals surface area contributed by atoms with Gasteiger partial charge in [0.05, 0.1) is 6.04 Å². The van der Waals surface area contributed by atoms with Gasteiger partial charge in [-0.25, -0.2) is 0 Å². The number of likely N-dealkylation sites (tertiary alicyclic amines) is 1. The van der Waals surface area contributed by atoms with Crippen molar-refractivity contribution in [3.8, 4) is 0 Å². The Bertz CT molecular complexity index is 729. The van der Waals surface area contributed by atoms with Crippen LogP contribution in [0.1, 0.15) is 39.3 Å². The van der Waals surface area contributed by atoms with Crippen molar-refractivity contribution in [2.24, 2.45) is 11.3 Å². The van der Waals surface area contributed by atoms with Crippen LogP contribution in [0.2, 0.25) is 0 Å². The first-order valence-corrected chi connectivity index (χ1v) is 9.63. The minimum Gasteiger partial charge on any atom is -0.339 e. The Balaban J connectivity index is 1.67. The van der Waals surface area contributed by atoms with Crippen LogP contribution in [0, 0.1) is 11.3 Å². The summed E-state index contributed by atoms with van der Waals surface area (Å²) in [5.41, 5.74) is 0.955. The second-order valence-corrected chi connectivity index (χ2v) is 8.70. The quantitative estimate of drug-likeness (QED) is 0.763. The molecule has 6 nitrogen and oxygen atoms in total. The third-order valence-electron chi connectivity index (χ3n) is 5.38. The average molecular weight is 371 g/mol. The van der Waals surface area contributed by atoms with E-state index < -0.39 is 11.8 Å². The minimum atomic E-state index is -0.566. The molecule has 27 heavy (non-hydrogen) atoms. The van der Waals surface area contributed by atoms with Gasteiger partial charge in [0.15, 0.2) is 0 Å². The molecule has 0 aliphatic carbocycles. The average Bonchev–Trinajstić information content (AvgIpc) is 2.61. The van der Waals surface area contributed by atoms with Gasteiger partial charge in [0, 0.05) is 31.6 Å². The van der Waals surface area contributed by atoms with E-state index in [0.717, 1.165) is 5.56 Å². The molecule has 0 radical (unpaired) electrons. The molecule has 1 atom stereocenters. The summed E-state index contributed by atoms with van der Waals surface area (Å²) in [4.78, 5) is 42.8. The summed E-state index contributed by atoms with van der Waals surface area (Å²) in [6.45, 7) is 10.4. The molecule has 2 saturated heterocycles. The van der Waals surface area contributed by atoms with Crippen LogP contribution in [0.4, 0.5) is 0 Å². The molecule has 3 rings (SSSR count). The molecule has 2 aliphatic heterocycles. The summed E-state index contributed by atoms with van der Waals surface area (Å²) >= 11 is 0. The first kappa shape index (κ1) is 19.4. The Morgan fingerprint density at radius 2 is 1.78 bits per heavy atom. The lowest BCUT2D eigenvalue weighted by Crippen LogP contribution is -2.62. The van der Waals surface area contributed by atoms with E-state index in [2.05, 4.69) is 27.7 Å². The molecule has 0 N–H and O–H groups in total. The Labute approximate surface area is 161 Å². The van der Waals surface area contributed by atoms with E-state index in [-0.39, 0.29) is 23.9 Å². The van der Waals surface area contributed by atoms with E-state index >= 15 is 0 Å². The van der Waals surface area contributed by atoms with E-state index in [0.29, 0.717) is 32.1 Å². The highest BCUT2D eigenvalue weighted by Crippen LogP contribution is 2.48. The zero-order valence-electron chi connectivity index (χ0n) is 16.6. The maximum atomic E-state index is 12.9. The first-order valence-electron chi connectivity index (χ1n) is 9.63. The highest BCUT2D eigenvalue weighted by atomic mass is 16.2. The molecule has 146 valence electrons. The van der Waals surface area contributed by atoms with Crippen LogP contribution in [-0.4, -0.2) is 65.1 Å². The largest absolute Gasteiger partial charge is 0.339 e. The van der Waals surface area contributed by atoms with Crippen LogP contribution >= 0.6 is 0 Å². The third-order valence-corrected chi connectivity index (χ3v) is 5.38. The Morgan fingerprint density at radius 1 is 1.11 bits per heavy atom. The SMILES string of the molecule is CC(C)CN1CCN(C(=O)C(=O)N2CC(C)(C)C2c2ccccc2)CC1=O. The fourth-order valence-electron chi connectivity index (χ4n) is 4.16. The van der Waals surface area contributed by atoms with Crippen LogP contribution in [0.25, 0.3) is 0 Å². The van der Waals surface area contributed by atoms with Crippen LogP contribution in [0.3, 0.4) is 0 Å². The van der Waals surface area contributed by atoms with Crippen molar-refractivity contribution < 1.29 is 14.4 Å². The number of hydrogen-bond donors (Lipinski definition) is 0. The summed E-state index contributed by atoms with van der Waals surface area (Å²) in [5, 5.41) is 0. The number of amides is 3. The lowest BCUT2D eigenvalue weighted by Gasteiger charge is -2.54. The highest BCUT2D eigenvalue weighted by Gasteiger charge is 2.51. The number of rotatable bonds is 3. The molecular weight excluding hydrogens is 342 g/mol. The van der Waals surface area contributed by atoms with Crippen molar-refractivity contribution in [2.75, 3.05) is 32.7 Å². The van der Waals surface area contributed by atoms with Crippen LogP contribution in [-0.2, 0) is 14.4 Å². The van der Waals surface area contributed by atoms with Crippen LogP contribution < -0.4 is 0 Å². The summed E-state index contributed by atoms with van der Waals surface area (Å²) in [6, 6.07) is 9.69. The minimum absolute atomic E-state index is 0.00939. The fraction of sp³-hybridized carbons (Fsp3) is 0.571. The van der Waals surface area contributed by atoms with Gasteiger partial charge < -0.3 is 14.7 Å². The predicted molar refractivity (Wildman–Crippen MR) is 103 cm³/mol.